The van der Waals surface area contributed by atoms with Crippen molar-refractivity contribution in [3.63, 3.8) is 0 Å². The Morgan fingerprint density at radius 2 is 1.19 bits per heavy atom. The third kappa shape index (κ3) is 7.81. The second-order valence-corrected chi connectivity index (χ2v) is 20.9. The monoisotopic (exact) mass is 686 g/mol. The second kappa shape index (κ2) is 12.4. The first kappa shape index (κ1) is 36.8. The van der Waals surface area contributed by atoms with Crippen LogP contribution in [0.5, 0.6) is 0 Å². The van der Waals surface area contributed by atoms with Crippen LogP contribution in [0.4, 0.5) is 0 Å². The molecule has 3 aromatic rings. The normalized spacial score (nSPS) is 23.7. The van der Waals surface area contributed by atoms with Gasteiger partial charge in [-0.25, -0.2) is 0 Å². The summed E-state index contributed by atoms with van der Waals surface area (Å²) < 4.78 is 40.2. The minimum atomic E-state index is -1.92. The summed E-state index contributed by atoms with van der Waals surface area (Å²) in [5, 5.41) is 2.55. The Kier molecular flexibility index (Phi) is 9.70. The van der Waals surface area contributed by atoms with Gasteiger partial charge in [0, 0.05) is 27.7 Å². The van der Waals surface area contributed by atoms with Crippen LogP contribution in [0.1, 0.15) is 133 Å². The first-order chi connectivity index (χ1) is 21.3. The van der Waals surface area contributed by atoms with E-state index in [0.717, 1.165) is 38.8 Å². The molecule has 0 N–H and O–H groups in total. The van der Waals surface area contributed by atoms with E-state index in [0.29, 0.717) is 5.25 Å². The van der Waals surface area contributed by atoms with Gasteiger partial charge in [-0.3, -0.25) is 4.52 Å². The summed E-state index contributed by atoms with van der Waals surface area (Å²) in [5.41, 5.74) is 5.92. The Morgan fingerprint density at radius 1 is 0.723 bits per heavy atom. The first-order valence-electron chi connectivity index (χ1n) is 17.2. The van der Waals surface area contributed by atoms with Gasteiger partial charge in [0.2, 0.25) is 0 Å². The molecule has 2 aromatic carbocycles. The van der Waals surface area contributed by atoms with E-state index in [4.69, 9.17) is 27.1 Å². The van der Waals surface area contributed by atoms with Crippen molar-refractivity contribution in [3.8, 4) is 0 Å². The van der Waals surface area contributed by atoms with Crippen LogP contribution < -0.4 is 4.52 Å². The molecular weight excluding hydrogens is 627 g/mol. The van der Waals surface area contributed by atoms with E-state index in [1.54, 1.807) is 0 Å². The summed E-state index contributed by atoms with van der Waals surface area (Å²) >= 11 is 1.84. The van der Waals surface area contributed by atoms with Gasteiger partial charge < -0.3 is 22.6 Å². The molecule has 47 heavy (non-hydrogen) atoms. The van der Waals surface area contributed by atoms with Crippen LogP contribution in [-0.4, -0.2) is 41.4 Å². The molecule has 6 nitrogen and oxygen atoms in total. The average molecular weight is 687 g/mol. The highest BCUT2D eigenvalue weighted by atomic mass is 32.2. The molecule has 8 heteroatoms. The van der Waals surface area contributed by atoms with E-state index in [1.807, 2.05) is 25.6 Å². The Bertz CT molecular complexity index is 1570. The van der Waals surface area contributed by atoms with Gasteiger partial charge in [-0.05, 0) is 64.0 Å². The molecule has 3 heterocycles. The van der Waals surface area contributed by atoms with Gasteiger partial charge in [0.1, 0.15) is 23.4 Å². The van der Waals surface area contributed by atoms with E-state index in [-0.39, 0.29) is 27.8 Å². The predicted octanol–water partition coefficient (Wildman–Crippen LogP) is 11.3. The van der Waals surface area contributed by atoms with Crippen molar-refractivity contribution in [1.82, 2.24) is 0 Å². The van der Waals surface area contributed by atoms with Gasteiger partial charge in [0.15, 0.2) is 12.1 Å². The highest BCUT2D eigenvalue weighted by Crippen LogP contribution is 2.47. The molecule has 0 radical (unpaired) electrons. The summed E-state index contributed by atoms with van der Waals surface area (Å²) in [5.74, 6) is -0.0144. The lowest BCUT2D eigenvalue weighted by Gasteiger charge is -2.27. The lowest BCUT2D eigenvalue weighted by molar-refractivity contribution is -0.209. The van der Waals surface area contributed by atoms with Crippen LogP contribution in [0.25, 0.3) is 21.9 Å². The predicted molar refractivity (Wildman–Crippen MR) is 198 cm³/mol. The number of hydrogen-bond acceptors (Lipinski definition) is 7. The van der Waals surface area contributed by atoms with E-state index in [1.165, 1.54) is 11.1 Å². The van der Waals surface area contributed by atoms with Crippen molar-refractivity contribution in [3.05, 3.63) is 46.5 Å². The number of rotatable bonds is 5. The Labute approximate surface area is 288 Å². The molecule has 1 aromatic heterocycles. The van der Waals surface area contributed by atoms with Gasteiger partial charge in [-0.2, -0.15) is 11.8 Å². The number of benzene rings is 2. The Hall–Kier alpha value is -1.47. The fourth-order valence-electron chi connectivity index (χ4n) is 6.24. The van der Waals surface area contributed by atoms with Crippen LogP contribution in [0.3, 0.4) is 0 Å². The van der Waals surface area contributed by atoms with E-state index >= 15 is 0 Å². The Morgan fingerprint density at radius 3 is 1.60 bits per heavy atom. The summed E-state index contributed by atoms with van der Waals surface area (Å²) in [6.45, 7) is 35.4. The fourth-order valence-corrected chi connectivity index (χ4v) is 8.35. The number of thioether (sulfide) groups is 1. The highest BCUT2D eigenvalue weighted by molar-refractivity contribution is 7.99. The van der Waals surface area contributed by atoms with Crippen LogP contribution >= 0.6 is 20.0 Å². The molecule has 0 amide bonds. The molecule has 4 atom stereocenters. The van der Waals surface area contributed by atoms with Crippen molar-refractivity contribution in [2.75, 3.05) is 5.75 Å². The van der Waals surface area contributed by atoms with Crippen molar-refractivity contribution in [1.29, 1.82) is 0 Å². The van der Waals surface area contributed by atoms with Crippen molar-refractivity contribution in [2.45, 2.75) is 168 Å². The number of ether oxygens (including phenoxy) is 3. The zero-order valence-electron chi connectivity index (χ0n) is 31.7. The number of fused-ring (bicyclic) bond motifs is 4. The van der Waals surface area contributed by atoms with Gasteiger partial charge >= 0.3 is 8.24 Å². The smallest absolute Gasteiger partial charge is 0.387 e. The van der Waals surface area contributed by atoms with E-state index in [2.05, 4.69) is 121 Å². The molecule has 2 fully saturated rings. The van der Waals surface area contributed by atoms with E-state index < -0.39 is 32.5 Å². The highest BCUT2D eigenvalue weighted by Gasteiger charge is 2.56. The SMILES string of the molecule is CC(C)SC[C@H]1O[C@@H]2OC(C)(C)O[C@@H]2[C@H]1Op1oc2c(C(C)(C)C)cc(C(C)(C)C)cc2c2cc(C(C)(C)C)cc(C(C)(C)C)c2o1. The zero-order chi connectivity index (χ0) is 35.1. The molecule has 0 saturated carbocycles. The third-order valence-corrected chi connectivity index (χ3v) is 11.3. The van der Waals surface area contributed by atoms with Crippen LogP contribution in [-0.2, 0) is 35.9 Å². The molecule has 2 aliphatic rings. The fraction of sp³-hybridized carbons (Fsp3) is 0.692. The molecule has 0 aliphatic carbocycles. The van der Waals surface area contributed by atoms with Crippen molar-refractivity contribution in [2.24, 2.45) is 0 Å². The van der Waals surface area contributed by atoms with Gasteiger partial charge in [-0.1, -0.05) is 109 Å². The van der Waals surface area contributed by atoms with E-state index in [9.17, 15) is 0 Å². The summed E-state index contributed by atoms with van der Waals surface area (Å²) in [6, 6.07) is 9.28. The summed E-state index contributed by atoms with van der Waals surface area (Å²) in [4.78, 5) is 0. The third-order valence-electron chi connectivity index (χ3n) is 9.04. The molecule has 5 rings (SSSR count). The first-order valence-corrected chi connectivity index (χ1v) is 19.3. The molecule has 0 spiro atoms. The average Bonchev–Trinajstić information content (AvgIpc) is 3.29. The van der Waals surface area contributed by atoms with Crippen molar-refractivity contribution >= 4 is 41.9 Å². The zero-order valence-corrected chi connectivity index (χ0v) is 33.4. The lowest BCUT2D eigenvalue weighted by Crippen LogP contribution is -2.39. The van der Waals surface area contributed by atoms with Crippen LogP contribution in [0.2, 0.25) is 0 Å². The molecule has 2 aliphatic heterocycles. The van der Waals surface area contributed by atoms with Crippen LogP contribution in [0, 0.1) is 0 Å². The maximum atomic E-state index is 7.06. The quantitative estimate of drug-likeness (QED) is 0.265. The van der Waals surface area contributed by atoms with Gasteiger partial charge in [-0.15, -0.1) is 0 Å². The number of hydrogen-bond donors (Lipinski definition) is 0. The minimum absolute atomic E-state index is 0.0673. The lowest BCUT2D eigenvalue weighted by atomic mass is 9.77. The van der Waals surface area contributed by atoms with Gasteiger partial charge in [0.05, 0.1) is 6.10 Å². The second-order valence-electron chi connectivity index (χ2n) is 18.3. The molecule has 262 valence electrons. The Balaban J connectivity index is 1.87. The molecule has 2 saturated heterocycles. The van der Waals surface area contributed by atoms with Gasteiger partial charge in [0.25, 0.3) is 0 Å². The maximum Gasteiger partial charge on any atom is 0.387 e. The molecular formula is C39H59O6PS. The minimum Gasteiger partial charge on any atom is -0.399 e. The molecule has 0 unspecified atom stereocenters. The standard InChI is InChI=1S/C39H59O6PS/c1-22(2)47-21-29-32(33-34(40-29)42-39(15,16)41-33)45-46-43-30-25(17-23(35(3,4)5)19-27(30)37(9,10)11)26-18-24(36(6,7)8)20-28(31(26)44-46)38(12,13)14/h17-20,22,29,32-34H,21H2,1-16H3/t29-,32+,33-,34-/m1/s1. The maximum absolute atomic E-state index is 7.06. The summed E-state index contributed by atoms with van der Waals surface area (Å²) in [6.07, 6.45) is -1.56. The summed E-state index contributed by atoms with van der Waals surface area (Å²) in [7, 11) is -1.92. The molecule has 0 bridgehead atoms. The topological polar surface area (TPSA) is 63.2 Å². The van der Waals surface area contributed by atoms with Crippen molar-refractivity contribution < 1.29 is 27.1 Å². The van der Waals surface area contributed by atoms with Crippen LogP contribution in [0.15, 0.2) is 32.7 Å². The largest absolute Gasteiger partial charge is 0.399 e.